The molecule has 0 spiro atoms. The highest BCUT2D eigenvalue weighted by molar-refractivity contribution is 5.87. The van der Waals surface area contributed by atoms with E-state index in [-0.39, 0.29) is 24.9 Å². The van der Waals surface area contributed by atoms with Crippen molar-refractivity contribution >= 4 is 22.8 Å². The second-order valence-corrected chi connectivity index (χ2v) is 8.90. The Hall–Kier alpha value is -3.30. The van der Waals surface area contributed by atoms with Crippen molar-refractivity contribution in [1.29, 1.82) is 0 Å². The number of halogens is 3. The lowest BCUT2D eigenvalue weighted by Crippen LogP contribution is -2.30. The van der Waals surface area contributed by atoms with Crippen LogP contribution in [0.2, 0.25) is 0 Å². The van der Waals surface area contributed by atoms with E-state index < -0.39 is 12.6 Å². The van der Waals surface area contributed by atoms with Crippen molar-refractivity contribution in [1.82, 2.24) is 20.0 Å². The van der Waals surface area contributed by atoms with Gasteiger partial charge in [-0.25, -0.2) is 4.98 Å². The topological polar surface area (TPSA) is 81.1 Å². The summed E-state index contributed by atoms with van der Waals surface area (Å²) in [6.07, 6.45) is 5.80. The number of fused-ring (bicyclic) bond motifs is 1. The van der Waals surface area contributed by atoms with Crippen LogP contribution in [-0.2, 0) is 4.79 Å². The monoisotopic (exact) mass is 489 g/mol. The number of nitrogens with one attached hydrogen (secondary N) is 2. The minimum absolute atomic E-state index is 0.0220. The molecule has 1 saturated carbocycles. The summed E-state index contributed by atoms with van der Waals surface area (Å²) in [5.74, 6) is 1.89. The number of carbonyl (C=O) groups excluding carboxylic acids is 1. The second-order valence-electron chi connectivity index (χ2n) is 8.90. The van der Waals surface area contributed by atoms with Gasteiger partial charge in [0.25, 0.3) is 0 Å². The molecule has 1 aliphatic carbocycles. The number of hydrogen-bond acceptors (Lipinski definition) is 5. The summed E-state index contributed by atoms with van der Waals surface area (Å²) in [5, 5.41) is 0.767. The molecule has 3 aromatic rings. The predicted octanol–water partition coefficient (Wildman–Crippen LogP) is 5.95. The van der Waals surface area contributed by atoms with Gasteiger partial charge < -0.3 is 9.30 Å². The third-order valence-electron chi connectivity index (χ3n) is 6.26. The van der Waals surface area contributed by atoms with Gasteiger partial charge in [-0.15, -0.1) is 0 Å². The summed E-state index contributed by atoms with van der Waals surface area (Å²) < 4.78 is 44.6. The molecule has 0 atom stereocenters. The van der Waals surface area contributed by atoms with E-state index in [0.717, 1.165) is 17.3 Å². The van der Waals surface area contributed by atoms with E-state index in [2.05, 4.69) is 20.8 Å². The fraction of sp³-hybridized carbons (Fsp3) is 0.480. The minimum Gasteiger partial charge on any atom is -0.493 e. The van der Waals surface area contributed by atoms with Gasteiger partial charge in [0.05, 0.1) is 12.1 Å². The molecule has 188 valence electrons. The average Bonchev–Trinajstić information content (AvgIpc) is 3.29. The zero-order valence-electron chi connectivity index (χ0n) is 19.5. The van der Waals surface area contributed by atoms with Crippen molar-refractivity contribution in [3.63, 3.8) is 0 Å². The van der Waals surface area contributed by atoms with Crippen molar-refractivity contribution in [2.45, 2.75) is 64.0 Å². The van der Waals surface area contributed by atoms with E-state index in [1.54, 1.807) is 24.4 Å². The highest BCUT2D eigenvalue weighted by Gasteiger charge is 2.26. The van der Waals surface area contributed by atoms with Crippen molar-refractivity contribution in [2.75, 3.05) is 12.0 Å². The molecule has 0 unspecified atom stereocenters. The lowest BCUT2D eigenvalue weighted by Gasteiger charge is -2.21. The largest absolute Gasteiger partial charge is 0.493 e. The summed E-state index contributed by atoms with van der Waals surface area (Å²) in [6.45, 7) is -0.0220. The maximum Gasteiger partial charge on any atom is 0.389 e. The Labute approximate surface area is 202 Å². The molecule has 0 bridgehead atoms. The number of hydrogen-bond donors (Lipinski definition) is 2. The van der Waals surface area contributed by atoms with Gasteiger partial charge in [0, 0.05) is 30.6 Å². The maximum atomic E-state index is 12.4. The number of nitrogens with zero attached hydrogens (tertiary/aromatic N) is 3. The van der Waals surface area contributed by atoms with Crippen LogP contribution < -0.4 is 15.6 Å². The van der Waals surface area contributed by atoms with Crippen LogP contribution >= 0.6 is 0 Å². The van der Waals surface area contributed by atoms with Gasteiger partial charge in [-0.05, 0) is 43.0 Å². The zero-order chi connectivity index (χ0) is 24.7. The molecule has 4 rings (SSSR count). The van der Waals surface area contributed by atoms with Gasteiger partial charge in [0.15, 0.2) is 0 Å². The minimum atomic E-state index is -4.19. The summed E-state index contributed by atoms with van der Waals surface area (Å²) in [5.41, 5.74) is 6.25. The summed E-state index contributed by atoms with van der Waals surface area (Å²) >= 11 is 0. The van der Waals surface area contributed by atoms with E-state index in [9.17, 15) is 18.0 Å². The molecule has 1 aromatic carbocycles. The molecular formula is C25H30F3N5O2. The first-order valence-corrected chi connectivity index (χ1v) is 12.1. The molecule has 0 radical (unpaired) electrons. The number of hydrazine groups is 1. The molecule has 10 heteroatoms. The van der Waals surface area contributed by atoms with Crippen LogP contribution in [0.25, 0.3) is 16.7 Å². The number of amides is 1. The molecular weight excluding hydrogens is 459 g/mol. The number of anilines is 1. The lowest BCUT2D eigenvalue weighted by molar-refractivity contribution is -0.136. The van der Waals surface area contributed by atoms with Crippen molar-refractivity contribution in [2.24, 2.45) is 5.92 Å². The SMILES string of the molecule is O=C(CCC1CCCCC1)NNc1nccc(-n2ccc3c(OCCCC(F)(F)F)cccc32)n1. The normalized spacial score (nSPS) is 14.7. The van der Waals surface area contributed by atoms with Gasteiger partial charge in [-0.2, -0.15) is 18.2 Å². The molecule has 1 amide bonds. The van der Waals surface area contributed by atoms with E-state index in [1.807, 2.05) is 22.9 Å². The van der Waals surface area contributed by atoms with E-state index >= 15 is 0 Å². The van der Waals surface area contributed by atoms with Gasteiger partial charge >= 0.3 is 6.18 Å². The number of benzene rings is 1. The van der Waals surface area contributed by atoms with Crippen LogP contribution in [0.3, 0.4) is 0 Å². The molecule has 2 N–H and O–H groups in total. The van der Waals surface area contributed by atoms with Crippen molar-refractivity contribution in [3.8, 4) is 11.6 Å². The van der Waals surface area contributed by atoms with Crippen LogP contribution in [0.4, 0.5) is 19.1 Å². The van der Waals surface area contributed by atoms with E-state index in [1.165, 1.54) is 32.1 Å². The van der Waals surface area contributed by atoms with Crippen LogP contribution in [0.15, 0.2) is 42.7 Å². The number of alkyl halides is 3. The Balaban J connectivity index is 1.36. The Kier molecular flexibility index (Phi) is 8.09. The van der Waals surface area contributed by atoms with Gasteiger partial charge in [0.2, 0.25) is 11.9 Å². The smallest absolute Gasteiger partial charge is 0.389 e. The third-order valence-corrected chi connectivity index (χ3v) is 6.26. The fourth-order valence-electron chi connectivity index (χ4n) is 4.46. The van der Waals surface area contributed by atoms with E-state index in [4.69, 9.17) is 4.74 Å². The van der Waals surface area contributed by atoms with Gasteiger partial charge in [0.1, 0.15) is 11.6 Å². The highest BCUT2D eigenvalue weighted by Crippen LogP contribution is 2.29. The molecule has 7 nitrogen and oxygen atoms in total. The van der Waals surface area contributed by atoms with Gasteiger partial charge in [-0.3, -0.25) is 15.6 Å². The van der Waals surface area contributed by atoms with E-state index in [0.29, 0.717) is 23.9 Å². The molecule has 0 aliphatic heterocycles. The summed E-state index contributed by atoms with van der Waals surface area (Å²) in [6, 6.07) is 8.95. The summed E-state index contributed by atoms with van der Waals surface area (Å²) in [7, 11) is 0. The molecule has 2 heterocycles. The molecule has 1 aliphatic rings. The first kappa shape index (κ1) is 24.8. The second kappa shape index (κ2) is 11.4. The maximum absolute atomic E-state index is 12.4. The first-order chi connectivity index (χ1) is 16.9. The molecule has 1 fully saturated rings. The Morgan fingerprint density at radius 3 is 2.77 bits per heavy atom. The average molecular weight is 490 g/mol. The Morgan fingerprint density at radius 2 is 1.97 bits per heavy atom. The van der Waals surface area contributed by atoms with Crippen molar-refractivity contribution in [3.05, 3.63) is 42.7 Å². The van der Waals surface area contributed by atoms with Crippen LogP contribution in [0, 0.1) is 5.92 Å². The Morgan fingerprint density at radius 1 is 1.14 bits per heavy atom. The Bertz CT molecular complexity index is 1130. The highest BCUT2D eigenvalue weighted by atomic mass is 19.4. The van der Waals surface area contributed by atoms with Crippen LogP contribution in [-0.4, -0.2) is 33.2 Å². The fourth-order valence-corrected chi connectivity index (χ4v) is 4.46. The van der Waals surface area contributed by atoms with Crippen LogP contribution in [0.5, 0.6) is 5.75 Å². The molecule has 35 heavy (non-hydrogen) atoms. The first-order valence-electron chi connectivity index (χ1n) is 12.1. The zero-order valence-corrected chi connectivity index (χ0v) is 19.5. The quantitative estimate of drug-likeness (QED) is 0.272. The molecule has 0 saturated heterocycles. The van der Waals surface area contributed by atoms with Gasteiger partial charge in [-0.1, -0.05) is 38.2 Å². The number of aromatic nitrogens is 3. The van der Waals surface area contributed by atoms with Crippen LogP contribution in [0.1, 0.15) is 57.8 Å². The lowest BCUT2D eigenvalue weighted by atomic mass is 9.86. The number of rotatable bonds is 10. The summed E-state index contributed by atoms with van der Waals surface area (Å²) in [4.78, 5) is 20.9. The standard InChI is InChI=1S/C25H30F3N5O2/c26-25(27,28)14-5-17-35-21-9-4-8-20-19(21)13-16-33(20)22-12-15-29-24(30-22)32-31-23(34)11-10-18-6-2-1-3-7-18/h4,8-9,12-13,15-16,18H,1-3,5-7,10-11,14,17H2,(H,31,34)(H,29,30,32). The third kappa shape index (κ3) is 7.10. The van der Waals surface area contributed by atoms with Crippen molar-refractivity contribution < 1.29 is 22.7 Å². The number of ether oxygens (including phenoxy) is 1. The molecule has 2 aromatic heterocycles. The predicted molar refractivity (Wildman–Crippen MR) is 127 cm³/mol. The number of carbonyl (C=O) groups is 1.